The molecule has 2 N–H and O–H groups in total. The minimum Gasteiger partial charge on any atom is -0.388 e. The van der Waals surface area contributed by atoms with E-state index in [0.29, 0.717) is 0 Å². The largest absolute Gasteiger partial charge is 0.388 e. The Morgan fingerprint density at radius 1 is 1.00 bits per heavy atom. The molecular formula is C23H29NO. The number of fused-ring (bicyclic) bond motifs is 1. The van der Waals surface area contributed by atoms with E-state index >= 15 is 0 Å². The van der Waals surface area contributed by atoms with Crippen molar-refractivity contribution < 1.29 is 5.11 Å². The number of H-pyrrole nitrogens is 1. The van der Waals surface area contributed by atoms with E-state index in [1.807, 2.05) is 6.07 Å². The molecule has 0 spiro atoms. The van der Waals surface area contributed by atoms with E-state index in [4.69, 9.17) is 0 Å². The number of aryl methyl sites for hydroxylation is 4. The third kappa shape index (κ3) is 3.80. The molecule has 3 rings (SSSR count). The summed E-state index contributed by atoms with van der Waals surface area (Å²) in [5, 5.41) is 11.7. The van der Waals surface area contributed by atoms with Gasteiger partial charge in [0, 0.05) is 17.1 Å². The summed E-state index contributed by atoms with van der Waals surface area (Å²) < 4.78 is 0. The first kappa shape index (κ1) is 17.8. The van der Waals surface area contributed by atoms with Crippen LogP contribution in [0.2, 0.25) is 0 Å². The monoisotopic (exact) mass is 335 g/mol. The van der Waals surface area contributed by atoms with Gasteiger partial charge in [-0.15, -0.1) is 0 Å². The molecule has 0 saturated carbocycles. The van der Waals surface area contributed by atoms with Gasteiger partial charge < -0.3 is 10.1 Å². The summed E-state index contributed by atoms with van der Waals surface area (Å²) >= 11 is 0. The second kappa shape index (κ2) is 7.45. The zero-order chi connectivity index (χ0) is 18.0. The van der Waals surface area contributed by atoms with Gasteiger partial charge >= 0.3 is 0 Å². The average Bonchev–Trinajstić information content (AvgIpc) is 2.99. The lowest BCUT2D eigenvalue weighted by molar-refractivity contribution is 0.128. The van der Waals surface area contributed by atoms with E-state index in [0.717, 1.165) is 30.3 Å². The van der Waals surface area contributed by atoms with Gasteiger partial charge in [-0.3, -0.25) is 0 Å². The lowest BCUT2D eigenvalue weighted by Crippen LogP contribution is -2.05. The highest BCUT2D eigenvalue weighted by Crippen LogP contribution is 2.30. The number of hydrogen-bond donors (Lipinski definition) is 2. The van der Waals surface area contributed by atoms with Crippen molar-refractivity contribution in [1.82, 2.24) is 4.98 Å². The van der Waals surface area contributed by atoms with Gasteiger partial charge in [0.25, 0.3) is 0 Å². The van der Waals surface area contributed by atoms with Crippen LogP contribution in [-0.2, 0) is 12.8 Å². The van der Waals surface area contributed by atoms with Crippen LogP contribution in [0.5, 0.6) is 0 Å². The number of aromatic nitrogens is 1. The number of rotatable bonds is 6. The van der Waals surface area contributed by atoms with E-state index in [1.165, 1.54) is 27.6 Å². The Morgan fingerprint density at radius 2 is 1.76 bits per heavy atom. The maximum atomic E-state index is 10.5. The molecule has 2 heteroatoms. The van der Waals surface area contributed by atoms with Crippen LogP contribution >= 0.6 is 0 Å². The second-order valence-electron chi connectivity index (χ2n) is 7.56. The molecule has 25 heavy (non-hydrogen) atoms. The smallest absolute Gasteiger partial charge is 0.0833 e. The maximum Gasteiger partial charge on any atom is 0.0833 e. The number of aliphatic hydroxyl groups is 1. The lowest BCUT2D eigenvalue weighted by atomic mass is 9.95. The fraction of sp³-hybridized carbons (Fsp3) is 0.391. The van der Waals surface area contributed by atoms with Crippen LogP contribution in [0.25, 0.3) is 10.9 Å². The van der Waals surface area contributed by atoms with Gasteiger partial charge in [0.2, 0.25) is 0 Å². The third-order valence-corrected chi connectivity index (χ3v) is 5.17. The van der Waals surface area contributed by atoms with Gasteiger partial charge in [0.05, 0.1) is 11.6 Å². The van der Waals surface area contributed by atoms with Crippen molar-refractivity contribution in [2.45, 2.75) is 53.1 Å². The molecule has 0 aliphatic rings. The van der Waals surface area contributed by atoms with E-state index in [-0.39, 0.29) is 5.92 Å². The molecule has 0 amide bonds. The molecule has 0 fully saturated rings. The highest BCUT2D eigenvalue weighted by Gasteiger charge is 2.16. The van der Waals surface area contributed by atoms with Crippen molar-refractivity contribution in [3.05, 3.63) is 70.4 Å². The Hall–Kier alpha value is -2.06. The fourth-order valence-electron chi connectivity index (χ4n) is 3.64. The standard InChI is InChI=1S/C23H29NO/c1-15(2)23(25)21-10-6-9-20-19(14-24-22(20)21)8-5-7-18-12-11-16(3)13-17(18)4/h6,9-15,23-25H,5,7-8H2,1-4H3. The van der Waals surface area contributed by atoms with Crippen LogP contribution < -0.4 is 0 Å². The highest BCUT2D eigenvalue weighted by atomic mass is 16.3. The molecule has 2 aromatic carbocycles. The Balaban J connectivity index is 1.75. The van der Waals surface area contributed by atoms with Crippen LogP contribution in [0.1, 0.15) is 54.2 Å². The van der Waals surface area contributed by atoms with E-state index in [9.17, 15) is 5.11 Å². The molecule has 0 radical (unpaired) electrons. The SMILES string of the molecule is Cc1ccc(CCCc2c[nH]c3c(C(O)C(C)C)cccc23)c(C)c1. The first-order valence-corrected chi connectivity index (χ1v) is 9.30. The van der Waals surface area contributed by atoms with Gasteiger partial charge in [-0.25, -0.2) is 0 Å². The summed E-state index contributed by atoms with van der Waals surface area (Å²) in [4.78, 5) is 3.40. The number of hydrogen-bond acceptors (Lipinski definition) is 1. The van der Waals surface area contributed by atoms with Gasteiger partial charge in [-0.05, 0) is 55.7 Å². The number of nitrogens with one attached hydrogen (secondary N) is 1. The molecule has 3 aromatic rings. The molecule has 1 atom stereocenters. The van der Waals surface area contributed by atoms with Gasteiger partial charge in [0.1, 0.15) is 0 Å². The quantitative estimate of drug-likeness (QED) is 0.600. The number of aliphatic hydroxyl groups excluding tert-OH is 1. The van der Waals surface area contributed by atoms with Crippen molar-refractivity contribution in [3.63, 3.8) is 0 Å². The fourth-order valence-corrected chi connectivity index (χ4v) is 3.64. The maximum absolute atomic E-state index is 10.5. The topological polar surface area (TPSA) is 36.0 Å². The van der Waals surface area contributed by atoms with E-state index < -0.39 is 6.10 Å². The van der Waals surface area contributed by atoms with E-state index in [2.05, 4.69) is 69.2 Å². The Kier molecular flexibility index (Phi) is 5.29. The number of aromatic amines is 1. The zero-order valence-corrected chi connectivity index (χ0v) is 15.8. The van der Waals surface area contributed by atoms with Gasteiger partial charge in [-0.1, -0.05) is 55.8 Å². The molecule has 2 nitrogen and oxygen atoms in total. The van der Waals surface area contributed by atoms with Crippen molar-refractivity contribution in [2.75, 3.05) is 0 Å². The molecule has 0 aliphatic carbocycles. The van der Waals surface area contributed by atoms with Crippen LogP contribution in [0.4, 0.5) is 0 Å². The Morgan fingerprint density at radius 3 is 2.48 bits per heavy atom. The first-order chi connectivity index (χ1) is 12.0. The predicted molar refractivity (Wildman–Crippen MR) is 106 cm³/mol. The van der Waals surface area contributed by atoms with Crippen LogP contribution in [0.15, 0.2) is 42.6 Å². The summed E-state index contributed by atoms with van der Waals surface area (Å²) in [5.74, 6) is 0.210. The van der Waals surface area contributed by atoms with E-state index in [1.54, 1.807) is 0 Å². The molecular weight excluding hydrogens is 306 g/mol. The van der Waals surface area contributed by atoms with Crippen LogP contribution in [0, 0.1) is 19.8 Å². The third-order valence-electron chi connectivity index (χ3n) is 5.17. The van der Waals surface area contributed by atoms with Crippen molar-refractivity contribution in [3.8, 4) is 0 Å². The second-order valence-corrected chi connectivity index (χ2v) is 7.56. The number of para-hydroxylation sites is 1. The minimum atomic E-state index is -0.426. The minimum absolute atomic E-state index is 0.210. The first-order valence-electron chi connectivity index (χ1n) is 9.30. The molecule has 0 bridgehead atoms. The van der Waals surface area contributed by atoms with Crippen LogP contribution in [0.3, 0.4) is 0 Å². The molecule has 0 saturated heterocycles. The summed E-state index contributed by atoms with van der Waals surface area (Å²) in [6.07, 6.45) is 4.98. The summed E-state index contributed by atoms with van der Waals surface area (Å²) in [6.45, 7) is 8.45. The van der Waals surface area contributed by atoms with Crippen molar-refractivity contribution in [2.24, 2.45) is 5.92 Å². The van der Waals surface area contributed by atoms with Crippen LogP contribution in [-0.4, -0.2) is 10.1 Å². The summed E-state index contributed by atoms with van der Waals surface area (Å²) in [6, 6.07) is 13.0. The number of benzene rings is 2. The highest BCUT2D eigenvalue weighted by molar-refractivity contribution is 5.86. The molecule has 1 heterocycles. The molecule has 132 valence electrons. The summed E-state index contributed by atoms with van der Waals surface area (Å²) in [5.41, 5.74) is 7.60. The van der Waals surface area contributed by atoms with Crippen molar-refractivity contribution >= 4 is 10.9 Å². The Labute approximate surface area is 150 Å². The Bertz CT molecular complexity index is 860. The summed E-state index contributed by atoms with van der Waals surface area (Å²) in [7, 11) is 0. The molecule has 0 aliphatic heterocycles. The lowest BCUT2D eigenvalue weighted by Gasteiger charge is -2.15. The van der Waals surface area contributed by atoms with Crippen molar-refractivity contribution in [1.29, 1.82) is 0 Å². The van der Waals surface area contributed by atoms with Gasteiger partial charge in [-0.2, -0.15) is 0 Å². The van der Waals surface area contributed by atoms with Gasteiger partial charge in [0.15, 0.2) is 0 Å². The zero-order valence-electron chi connectivity index (χ0n) is 15.8. The molecule has 1 aromatic heterocycles. The molecule has 1 unspecified atom stereocenters. The predicted octanol–water partition coefficient (Wildman–Crippen LogP) is 5.65. The average molecular weight is 335 g/mol. The normalized spacial score (nSPS) is 12.9.